The number of para-hydroxylation sites is 1. The number of aryl methyl sites for hydroxylation is 2. The molecule has 7 heteroatoms. The van der Waals surface area contributed by atoms with Gasteiger partial charge in [0.25, 0.3) is 5.91 Å². The van der Waals surface area contributed by atoms with Crippen LogP contribution in [0.2, 0.25) is 5.02 Å². The van der Waals surface area contributed by atoms with E-state index in [-0.39, 0.29) is 11.6 Å². The molecule has 0 atom stereocenters. The van der Waals surface area contributed by atoms with Gasteiger partial charge in [0, 0.05) is 21.8 Å². The monoisotopic (exact) mass is 441 g/mol. The number of aromatic nitrogens is 3. The Morgan fingerprint density at radius 3 is 2.47 bits per heavy atom. The van der Waals surface area contributed by atoms with E-state index in [1.54, 1.807) is 0 Å². The highest BCUT2D eigenvalue weighted by molar-refractivity contribution is 6.30. The van der Waals surface area contributed by atoms with Gasteiger partial charge in [-0.1, -0.05) is 35.9 Å². The molecule has 0 unspecified atom stereocenters. The Kier molecular flexibility index (Phi) is 4.79. The maximum atomic E-state index is 13.0. The van der Waals surface area contributed by atoms with Gasteiger partial charge in [0.2, 0.25) is 5.82 Å². The van der Waals surface area contributed by atoms with Gasteiger partial charge in [-0.3, -0.25) is 9.36 Å². The van der Waals surface area contributed by atoms with E-state index in [4.69, 9.17) is 17.3 Å². The topological polar surface area (TPSA) is 85.8 Å². The Bertz CT molecular complexity index is 1510. The van der Waals surface area contributed by atoms with Gasteiger partial charge in [0.05, 0.1) is 10.9 Å². The summed E-state index contributed by atoms with van der Waals surface area (Å²) in [5.74, 6) is -0.162. The lowest BCUT2D eigenvalue weighted by atomic mass is 10.1. The highest BCUT2D eigenvalue weighted by Gasteiger charge is 2.20. The van der Waals surface area contributed by atoms with Crippen LogP contribution in [-0.2, 0) is 0 Å². The van der Waals surface area contributed by atoms with E-state index < -0.39 is 5.91 Å². The minimum absolute atomic E-state index is 0.00578. The molecule has 2 aromatic heterocycles. The zero-order valence-electron chi connectivity index (χ0n) is 17.6. The molecule has 0 spiro atoms. The summed E-state index contributed by atoms with van der Waals surface area (Å²) < 4.78 is 1.96. The summed E-state index contributed by atoms with van der Waals surface area (Å²) in [6.45, 7) is 4.02. The molecule has 5 rings (SSSR count). The van der Waals surface area contributed by atoms with Crippen LogP contribution in [0.15, 0.2) is 66.7 Å². The summed E-state index contributed by atoms with van der Waals surface area (Å²) in [4.78, 5) is 22.0. The Labute approximate surface area is 189 Å². The Morgan fingerprint density at radius 2 is 1.72 bits per heavy atom. The zero-order valence-corrected chi connectivity index (χ0v) is 18.3. The van der Waals surface area contributed by atoms with Gasteiger partial charge in [-0.05, 0) is 67.4 Å². The summed E-state index contributed by atoms with van der Waals surface area (Å²) in [5.41, 5.74) is 11.6. The van der Waals surface area contributed by atoms with Crippen LogP contribution in [0, 0.1) is 13.8 Å². The maximum Gasteiger partial charge on any atom is 0.293 e. The van der Waals surface area contributed by atoms with Crippen molar-refractivity contribution in [3.05, 3.63) is 88.7 Å². The van der Waals surface area contributed by atoms with Crippen LogP contribution in [0.3, 0.4) is 0 Å². The normalized spacial score (nSPS) is 11.2. The number of anilines is 2. The molecule has 0 aliphatic heterocycles. The zero-order chi connectivity index (χ0) is 22.4. The molecule has 1 amide bonds. The molecular formula is C25H20ClN5O. The number of carbonyl (C=O) groups is 1. The summed E-state index contributed by atoms with van der Waals surface area (Å²) in [6.07, 6.45) is 0. The number of nitrogen functional groups attached to an aromatic ring is 1. The van der Waals surface area contributed by atoms with Crippen molar-refractivity contribution in [2.75, 3.05) is 11.1 Å². The minimum atomic E-state index is -0.422. The predicted octanol–water partition coefficient (Wildman–Crippen LogP) is 5.68. The number of halogens is 1. The molecule has 0 radical (unpaired) electrons. The Morgan fingerprint density at radius 1 is 0.969 bits per heavy atom. The van der Waals surface area contributed by atoms with E-state index in [0.717, 1.165) is 27.7 Å². The van der Waals surface area contributed by atoms with E-state index in [1.807, 2.05) is 85.1 Å². The fourth-order valence-corrected chi connectivity index (χ4v) is 3.97. The standard InChI is InChI=1S/C25H20ClN5O/c1-14-7-10-17(13-15(14)2)28-25(32)23-29-22(27)21-19-5-3-4-6-20(19)31(24(21)30-23)18-11-8-16(26)9-12-18/h3-13H,1-2H3,(H,28,32)(H2,27,29,30). The van der Waals surface area contributed by atoms with Gasteiger partial charge in [-0.25, -0.2) is 9.97 Å². The van der Waals surface area contributed by atoms with Gasteiger partial charge >= 0.3 is 0 Å². The van der Waals surface area contributed by atoms with Crippen LogP contribution in [0.1, 0.15) is 21.7 Å². The van der Waals surface area contributed by atoms with Crippen molar-refractivity contribution in [2.24, 2.45) is 0 Å². The maximum absolute atomic E-state index is 13.0. The summed E-state index contributed by atoms with van der Waals surface area (Å²) >= 11 is 6.09. The van der Waals surface area contributed by atoms with Crippen LogP contribution >= 0.6 is 11.6 Å². The molecular weight excluding hydrogens is 422 g/mol. The summed E-state index contributed by atoms with van der Waals surface area (Å²) in [6, 6.07) is 21.0. The molecule has 0 aliphatic carbocycles. The van der Waals surface area contributed by atoms with Crippen LogP contribution in [-0.4, -0.2) is 20.4 Å². The lowest BCUT2D eigenvalue weighted by Gasteiger charge is -2.09. The fourth-order valence-electron chi connectivity index (χ4n) is 3.84. The second kappa shape index (κ2) is 7.66. The summed E-state index contributed by atoms with van der Waals surface area (Å²) in [5, 5.41) is 5.13. The van der Waals surface area contributed by atoms with Crippen LogP contribution < -0.4 is 11.1 Å². The number of amides is 1. The molecule has 0 aliphatic rings. The molecule has 158 valence electrons. The quantitative estimate of drug-likeness (QED) is 0.377. The third-order valence-corrected chi connectivity index (χ3v) is 5.85. The van der Waals surface area contributed by atoms with E-state index in [0.29, 0.717) is 21.7 Å². The number of hydrogen-bond acceptors (Lipinski definition) is 4. The molecule has 0 saturated carbocycles. The number of fused-ring (bicyclic) bond motifs is 3. The van der Waals surface area contributed by atoms with Gasteiger partial charge in [-0.15, -0.1) is 0 Å². The van der Waals surface area contributed by atoms with Crippen molar-refractivity contribution in [2.45, 2.75) is 13.8 Å². The molecule has 2 heterocycles. The number of nitrogens with zero attached hydrogens (tertiary/aromatic N) is 3. The smallest absolute Gasteiger partial charge is 0.293 e. The Balaban J connectivity index is 1.68. The number of benzene rings is 3. The largest absolute Gasteiger partial charge is 0.383 e. The third kappa shape index (κ3) is 3.35. The number of rotatable bonds is 3. The van der Waals surface area contributed by atoms with Crippen molar-refractivity contribution < 1.29 is 4.79 Å². The average molecular weight is 442 g/mol. The van der Waals surface area contributed by atoms with Crippen molar-refractivity contribution in [3.8, 4) is 5.69 Å². The van der Waals surface area contributed by atoms with Crippen LogP contribution in [0.4, 0.5) is 11.5 Å². The van der Waals surface area contributed by atoms with E-state index in [2.05, 4.69) is 15.3 Å². The van der Waals surface area contributed by atoms with Crippen molar-refractivity contribution in [1.29, 1.82) is 0 Å². The van der Waals surface area contributed by atoms with Crippen molar-refractivity contribution in [1.82, 2.24) is 14.5 Å². The van der Waals surface area contributed by atoms with Crippen LogP contribution in [0.25, 0.3) is 27.6 Å². The van der Waals surface area contributed by atoms with Gasteiger partial charge < -0.3 is 11.1 Å². The minimum Gasteiger partial charge on any atom is -0.383 e. The van der Waals surface area contributed by atoms with Crippen LogP contribution in [0.5, 0.6) is 0 Å². The number of nitrogens with two attached hydrogens (primary N) is 1. The highest BCUT2D eigenvalue weighted by atomic mass is 35.5. The second-order valence-corrected chi connectivity index (χ2v) is 8.15. The van der Waals surface area contributed by atoms with Gasteiger partial charge in [0.15, 0.2) is 5.65 Å². The molecule has 6 nitrogen and oxygen atoms in total. The number of hydrogen-bond donors (Lipinski definition) is 2. The Hall–Kier alpha value is -3.90. The molecule has 0 fully saturated rings. The third-order valence-electron chi connectivity index (χ3n) is 5.60. The van der Waals surface area contributed by atoms with E-state index in [9.17, 15) is 4.79 Å². The number of nitrogens with one attached hydrogen (secondary N) is 1. The first-order valence-electron chi connectivity index (χ1n) is 10.1. The van der Waals surface area contributed by atoms with Crippen molar-refractivity contribution >= 4 is 50.9 Å². The van der Waals surface area contributed by atoms with Gasteiger partial charge in [-0.2, -0.15) is 0 Å². The first kappa shape index (κ1) is 20.0. The lowest BCUT2D eigenvalue weighted by molar-refractivity contribution is 0.101. The van der Waals surface area contributed by atoms with Gasteiger partial charge in [0.1, 0.15) is 5.82 Å². The van der Waals surface area contributed by atoms with E-state index >= 15 is 0 Å². The fraction of sp³-hybridized carbons (Fsp3) is 0.0800. The predicted molar refractivity (Wildman–Crippen MR) is 130 cm³/mol. The summed E-state index contributed by atoms with van der Waals surface area (Å²) in [7, 11) is 0. The van der Waals surface area contributed by atoms with Crippen molar-refractivity contribution in [3.63, 3.8) is 0 Å². The van der Waals surface area contributed by atoms with E-state index in [1.165, 1.54) is 0 Å². The lowest BCUT2D eigenvalue weighted by Crippen LogP contribution is -2.17. The molecule has 0 saturated heterocycles. The molecule has 3 aromatic carbocycles. The second-order valence-electron chi connectivity index (χ2n) is 7.71. The molecule has 5 aromatic rings. The molecule has 0 bridgehead atoms. The first-order chi connectivity index (χ1) is 15.4. The number of carbonyl (C=O) groups excluding carboxylic acids is 1. The SMILES string of the molecule is Cc1ccc(NC(=O)c2nc(N)c3c4ccccc4n(-c4ccc(Cl)cc4)c3n2)cc1C. The highest BCUT2D eigenvalue weighted by Crippen LogP contribution is 2.34. The molecule has 32 heavy (non-hydrogen) atoms. The molecule has 3 N–H and O–H groups in total. The average Bonchev–Trinajstić information content (AvgIpc) is 3.11. The first-order valence-corrected chi connectivity index (χ1v) is 10.5.